The molecule has 0 saturated heterocycles. The number of nitrogens with zero attached hydrogens (tertiary/aromatic N) is 3. The first-order chi connectivity index (χ1) is 19.2. The number of aromatic nitrogens is 3. The van der Waals surface area contributed by atoms with E-state index in [0.717, 1.165) is 29.6 Å². The summed E-state index contributed by atoms with van der Waals surface area (Å²) in [6, 6.07) is 18.1. The van der Waals surface area contributed by atoms with Crippen LogP contribution in [0.25, 0.3) is 16.8 Å². The highest BCUT2D eigenvalue weighted by Crippen LogP contribution is 2.25. The number of benzene rings is 1. The van der Waals surface area contributed by atoms with Crippen LogP contribution in [0.15, 0.2) is 73.2 Å². The zero-order chi connectivity index (χ0) is 30.4. The number of carbonyl (C=O) groups is 3. The number of pyridine rings is 2. The van der Waals surface area contributed by atoms with Crippen molar-refractivity contribution in [1.82, 2.24) is 19.7 Å². The smallest absolute Gasteiger partial charge is 0.475 e. The first kappa shape index (κ1) is 30.6. The van der Waals surface area contributed by atoms with Crippen LogP contribution >= 0.6 is 0 Å². The zero-order valence-corrected chi connectivity index (χ0v) is 20.6. The molecule has 0 atom stereocenters. The van der Waals surface area contributed by atoms with E-state index < -0.39 is 24.3 Å². The summed E-state index contributed by atoms with van der Waals surface area (Å²) in [5.74, 6) is -5.25. The number of imidazole rings is 1. The Balaban J connectivity index is 0.000000276. The Morgan fingerprint density at radius 2 is 1.29 bits per heavy atom. The molecule has 1 aromatic carbocycles. The number of fused-ring (bicyclic) bond motifs is 2. The van der Waals surface area contributed by atoms with E-state index in [-0.39, 0.29) is 11.9 Å². The minimum absolute atomic E-state index is 0.107. The van der Waals surface area contributed by atoms with Crippen LogP contribution in [-0.2, 0) is 22.4 Å². The van der Waals surface area contributed by atoms with Gasteiger partial charge >= 0.3 is 24.3 Å². The Labute approximate surface area is 227 Å². The molecule has 3 aromatic heterocycles. The lowest BCUT2D eigenvalue weighted by molar-refractivity contribution is -0.193. The third-order valence-corrected chi connectivity index (χ3v) is 5.58. The molecule has 216 valence electrons. The monoisotopic (exact) mass is 582 g/mol. The molecule has 5 rings (SSSR count). The second-order valence-corrected chi connectivity index (χ2v) is 8.43. The largest absolute Gasteiger partial charge is 0.490 e. The SMILES string of the molecule is O=C(NC1Cc2ccccc2C1)c1nc(-c2ccncc2)c2ccccn12.O=C(O)C(F)(F)F.O=C(O)C(F)(F)F. The van der Waals surface area contributed by atoms with Gasteiger partial charge in [0.2, 0.25) is 5.82 Å². The summed E-state index contributed by atoms with van der Waals surface area (Å²) in [7, 11) is 0. The molecule has 41 heavy (non-hydrogen) atoms. The van der Waals surface area contributed by atoms with Gasteiger partial charge in [0.25, 0.3) is 5.91 Å². The summed E-state index contributed by atoms with van der Waals surface area (Å²) in [5, 5.41) is 17.4. The molecular weight excluding hydrogens is 562 g/mol. The van der Waals surface area contributed by atoms with Crippen LogP contribution in [0.5, 0.6) is 0 Å². The molecule has 9 nitrogen and oxygen atoms in total. The van der Waals surface area contributed by atoms with Crippen molar-refractivity contribution in [2.24, 2.45) is 0 Å². The summed E-state index contributed by atoms with van der Waals surface area (Å²) < 4.78 is 65.3. The number of nitrogens with one attached hydrogen (secondary N) is 1. The third kappa shape index (κ3) is 8.03. The topological polar surface area (TPSA) is 134 Å². The molecule has 4 aromatic rings. The van der Waals surface area contributed by atoms with Gasteiger partial charge in [-0.2, -0.15) is 26.3 Å². The summed E-state index contributed by atoms with van der Waals surface area (Å²) in [4.78, 5) is 39.5. The average Bonchev–Trinajstić information content (AvgIpc) is 3.50. The molecule has 0 fully saturated rings. The van der Waals surface area contributed by atoms with Gasteiger partial charge in [0.1, 0.15) is 0 Å². The molecule has 0 bridgehead atoms. The van der Waals surface area contributed by atoms with Gasteiger partial charge in [-0.3, -0.25) is 14.2 Å². The number of hydrogen-bond donors (Lipinski definition) is 3. The predicted octanol–water partition coefficient (Wildman–Crippen LogP) is 4.56. The van der Waals surface area contributed by atoms with Crippen LogP contribution in [0.3, 0.4) is 0 Å². The van der Waals surface area contributed by atoms with Crippen molar-refractivity contribution in [2.75, 3.05) is 0 Å². The second-order valence-electron chi connectivity index (χ2n) is 8.43. The highest BCUT2D eigenvalue weighted by atomic mass is 19.4. The van der Waals surface area contributed by atoms with E-state index in [9.17, 15) is 31.1 Å². The summed E-state index contributed by atoms with van der Waals surface area (Å²) in [5.41, 5.74) is 5.27. The lowest BCUT2D eigenvalue weighted by atomic mass is 10.1. The fourth-order valence-electron chi connectivity index (χ4n) is 3.83. The van der Waals surface area contributed by atoms with Crippen LogP contribution in [0.1, 0.15) is 21.7 Å². The van der Waals surface area contributed by atoms with Gasteiger partial charge in [-0.25, -0.2) is 14.6 Å². The molecule has 3 heterocycles. The number of carboxylic acid groups (broad SMARTS) is 2. The summed E-state index contributed by atoms with van der Waals surface area (Å²) >= 11 is 0. The van der Waals surface area contributed by atoms with Crippen molar-refractivity contribution in [2.45, 2.75) is 31.2 Å². The van der Waals surface area contributed by atoms with Crippen LogP contribution in [0, 0.1) is 0 Å². The maximum absolute atomic E-state index is 13.0. The molecule has 0 saturated carbocycles. The average molecular weight is 582 g/mol. The van der Waals surface area contributed by atoms with Crippen molar-refractivity contribution in [3.8, 4) is 11.3 Å². The van der Waals surface area contributed by atoms with Gasteiger partial charge in [0, 0.05) is 30.2 Å². The van der Waals surface area contributed by atoms with Crippen molar-refractivity contribution in [1.29, 1.82) is 0 Å². The van der Waals surface area contributed by atoms with Crippen molar-refractivity contribution in [3.63, 3.8) is 0 Å². The van der Waals surface area contributed by atoms with E-state index in [1.54, 1.807) is 12.4 Å². The molecule has 15 heteroatoms. The number of carboxylic acids is 2. The van der Waals surface area contributed by atoms with Gasteiger partial charge in [0.05, 0.1) is 11.2 Å². The van der Waals surface area contributed by atoms with Gasteiger partial charge in [0.15, 0.2) is 0 Å². The first-order valence-electron chi connectivity index (χ1n) is 11.5. The minimum atomic E-state index is -5.08. The highest BCUT2D eigenvalue weighted by molar-refractivity contribution is 5.94. The molecule has 1 amide bonds. The maximum Gasteiger partial charge on any atom is 0.490 e. The first-order valence-corrected chi connectivity index (χ1v) is 11.5. The normalized spacial score (nSPS) is 12.8. The second kappa shape index (κ2) is 12.5. The summed E-state index contributed by atoms with van der Waals surface area (Å²) in [6.45, 7) is 0. The molecule has 0 spiro atoms. The lowest BCUT2D eigenvalue weighted by Crippen LogP contribution is -2.36. The third-order valence-electron chi connectivity index (χ3n) is 5.58. The number of alkyl halides is 6. The lowest BCUT2D eigenvalue weighted by Gasteiger charge is -2.11. The molecule has 3 N–H and O–H groups in total. The van der Waals surface area contributed by atoms with Crippen molar-refractivity contribution in [3.05, 3.63) is 90.1 Å². The van der Waals surface area contributed by atoms with Crippen molar-refractivity contribution >= 4 is 23.4 Å². The van der Waals surface area contributed by atoms with E-state index in [1.165, 1.54) is 11.1 Å². The Morgan fingerprint density at radius 1 is 0.805 bits per heavy atom. The summed E-state index contributed by atoms with van der Waals surface area (Å²) in [6.07, 6.45) is -3.09. The highest BCUT2D eigenvalue weighted by Gasteiger charge is 2.38. The molecule has 1 aliphatic carbocycles. The van der Waals surface area contributed by atoms with Gasteiger partial charge < -0.3 is 15.5 Å². The minimum Gasteiger partial charge on any atom is -0.475 e. The number of halogens is 6. The number of hydrogen-bond acceptors (Lipinski definition) is 5. The Kier molecular flexibility index (Phi) is 9.32. The standard InChI is InChI=1S/C22H18N4O.2C2HF3O2/c27-22(24-18-13-16-5-1-2-6-17(16)14-18)21-25-20(15-8-10-23-11-9-15)19-7-3-4-12-26(19)21;2*3-2(4,5)1(6)7/h1-12,18H,13-14H2,(H,24,27);2*(H,6,7). The number of aliphatic carboxylic acids is 2. The zero-order valence-electron chi connectivity index (χ0n) is 20.6. The predicted molar refractivity (Wildman–Crippen MR) is 131 cm³/mol. The van der Waals surface area contributed by atoms with E-state index in [4.69, 9.17) is 19.8 Å². The van der Waals surface area contributed by atoms with Crippen LogP contribution in [0.2, 0.25) is 0 Å². The van der Waals surface area contributed by atoms with Gasteiger partial charge in [-0.1, -0.05) is 30.3 Å². The fraction of sp³-hybridized carbons (Fsp3) is 0.192. The maximum atomic E-state index is 13.0. The van der Waals surface area contributed by atoms with E-state index in [2.05, 4.69) is 27.4 Å². The Bertz CT molecular complexity index is 1490. The Morgan fingerprint density at radius 3 is 1.78 bits per heavy atom. The van der Waals surface area contributed by atoms with E-state index >= 15 is 0 Å². The number of amides is 1. The molecule has 0 unspecified atom stereocenters. The molecule has 0 radical (unpaired) electrons. The van der Waals surface area contributed by atoms with E-state index in [0.29, 0.717) is 5.82 Å². The number of carbonyl (C=O) groups excluding carboxylic acids is 1. The van der Waals surface area contributed by atoms with Gasteiger partial charge in [-0.15, -0.1) is 0 Å². The Hall–Kier alpha value is -4.95. The molecular formula is C26H20F6N4O5. The fourth-order valence-corrected chi connectivity index (χ4v) is 3.83. The van der Waals surface area contributed by atoms with Gasteiger partial charge in [-0.05, 0) is 48.2 Å². The van der Waals surface area contributed by atoms with E-state index in [1.807, 2.05) is 53.1 Å². The van der Waals surface area contributed by atoms with Crippen molar-refractivity contribution < 1.29 is 50.9 Å². The van der Waals surface area contributed by atoms with Crippen LogP contribution in [-0.4, -0.2) is 60.8 Å². The number of rotatable bonds is 3. The molecule has 0 aliphatic heterocycles. The van der Waals surface area contributed by atoms with Crippen LogP contribution < -0.4 is 5.32 Å². The molecule has 1 aliphatic rings. The quantitative estimate of drug-likeness (QED) is 0.302. The van der Waals surface area contributed by atoms with Crippen LogP contribution in [0.4, 0.5) is 26.3 Å².